The lowest BCUT2D eigenvalue weighted by molar-refractivity contribution is 0.242. The van der Waals surface area contributed by atoms with Crippen LogP contribution in [-0.4, -0.2) is 18.3 Å². The molecule has 0 aromatic carbocycles. The summed E-state index contributed by atoms with van der Waals surface area (Å²) in [6.45, 7) is 3.47. The Bertz CT molecular complexity index is 75.5. The average molecular weight is 134 g/mol. The minimum atomic E-state index is -1.06. The standard InChI is InChI=1S/C6H15FN2/c1-3-5(9)6(7)4(2)8/h4-6H,3,8-9H2,1-2H3/t4-,5-,6+/m1/s1. The van der Waals surface area contributed by atoms with Gasteiger partial charge in [-0.25, -0.2) is 4.39 Å². The highest BCUT2D eigenvalue weighted by Gasteiger charge is 2.18. The number of hydrogen-bond acceptors (Lipinski definition) is 2. The summed E-state index contributed by atoms with van der Waals surface area (Å²) in [7, 11) is 0. The van der Waals surface area contributed by atoms with Crippen LogP contribution in [0.25, 0.3) is 0 Å². The van der Waals surface area contributed by atoms with Crippen molar-refractivity contribution in [2.24, 2.45) is 11.5 Å². The largest absolute Gasteiger partial charge is 0.325 e. The highest BCUT2D eigenvalue weighted by atomic mass is 19.1. The zero-order chi connectivity index (χ0) is 7.44. The fourth-order valence-electron chi connectivity index (χ4n) is 0.615. The lowest BCUT2D eigenvalue weighted by Gasteiger charge is -2.17. The molecule has 0 rings (SSSR count). The van der Waals surface area contributed by atoms with Gasteiger partial charge in [0.1, 0.15) is 6.17 Å². The monoisotopic (exact) mass is 134 g/mol. The molecule has 0 spiro atoms. The van der Waals surface area contributed by atoms with Crippen molar-refractivity contribution in [2.75, 3.05) is 0 Å². The first kappa shape index (κ1) is 8.85. The van der Waals surface area contributed by atoms with Gasteiger partial charge in [-0.2, -0.15) is 0 Å². The maximum Gasteiger partial charge on any atom is 0.130 e. The van der Waals surface area contributed by atoms with Gasteiger partial charge < -0.3 is 11.5 Å². The maximum absolute atomic E-state index is 12.7. The Kier molecular flexibility index (Phi) is 3.73. The lowest BCUT2D eigenvalue weighted by Crippen LogP contribution is -2.42. The van der Waals surface area contributed by atoms with E-state index in [0.717, 1.165) is 0 Å². The van der Waals surface area contributed by atoms with E-state index in [1.54, 1.807) is 6.92 Å². The Morgan fingerprint density at radius 1 is 1.44 bits per heavy atom. The Morgan fingerprint density at radius 2 is 1.89 bits per heavy atom. The molecule has 2 nitrogen and oxygen atoms in total. The zero-order valence-corrected chi connectivity index (χ0v) is 5.97. The number of nitrogens with two attached hydrogens (primary N) is 2. The minimum Gasteiger partial charge on any atom is -0.325 e. The van der Waals surface area contributed by atoms with Crippen LogP contribution in [0.5, 0.6) is 0 Å². The molecule has 0 aliphatic rings. The molecule has 3 atom stereocenters. The van der Waals surface area contributed by atoms with Crippen molar-refractivity contribution >= 4 is 0 Å². The predicted molar refractivity (Wildman–Crippen MR) is 36.8 cm³/mol. The molecule has 0 aromatic heterocycles. The van der Waals surface area contributed by atoms with Crippen molar-refractivity contribution < 1.29 is 4.39 Å². The molecule has 0 radical (unpaired) electrons. The summed E-state index contributed by atoms with van der Waals surface area (Å²) in [6.07, 6.45) is -0.419. The summed E-state index contributed by atoms with van der Waals surface area (Å²) < 4.78 is 12.7. The smallest absolute Gasteiger partial charge is 0.130 e. The summed E-state index contributed by atoms with van der Waals surface area (Å²) in [5.74, 6) is 0. The van der Waals surface area contributed by atoms with Crippen molar-refractivity contribution in [1.29, 1.82) is 0 Å². The van der Waals surface area contributed by atoms with Gasteiger partial charge in [0.25, 0.3) is 0 Å². The fourth-order valence-corrected chi connectivity index (χ4v) is 0.615. The van der Waals surface area contributed by atoms with Crippen molar-refractivity contribution in [1.82, 2.24) is 0 Å². The van der Waals surface area contributed by atoms with Crippen LogP contribution < -0.4 is 11.5 Å². The van der Waals surface area contributed by atoms with E-state index in [4.69, 9.17) is 11.5 Å². The quantitative estimate of drug-likeness (QED) is 0.587. The molecule has 3 heteroatoms. The lowest BCUT2D eigenvalue weighted by atomic mass is 10.1. The second-order valence-corrected chi connectivity index (χ2v) is 2.38. The van der Waals surface area contributed by atoms with Crippen molar-refractivity contribution in [3.63, 3.8) is 0 Å². The molecule has 0 aliphatic heterocycles. The molecular weight excluding hydrogens is 119 g/mol. The van der Waals surface area contributed by atoms with Crippen LogP contribution in [0.4, 0.5) is 4.39 Å². The third kappa shape index (κ3) is 2.77. The van der Waals surface area contributed by atoms with Crippen molar-refractivity contribution in [2.45, 2.75) is 38.5 Å². The van der Waals surface area contributed by atoms with Gasteiger partial charge in [0, 0.05) is 12.1 Å². The topological polar surface area (TPSA) is 52.0 Å². The second kappa shape index (κ2) is 3.80. The number of hydrogen-bond donors (Lipinski definition) is 2. The van der Waals surface area contributed by atoms with Crippen LogP contribution in [0.2, 0.25) is 0 Å². The molecule has 56 valence electrons. The Morgan fingerprint density at radius 3 is 2.00 bits per heavy atom. The van der Waals surface area contributed by atoms with E-state index >= 15 is 0 Å². The van der Waals surface area contributed by atoms with Crippen molar-refractivity contribution in [3.8, 4) is 0 Å². The van der Waals surface area contributed by atoms with Crippen LogP contribution in [0, 0.1) is 0 Å². The van der Waals surface area contributed by atoms with Crippen LogP contribution >= 0.6 is 0 Å². The average Bonchev–Trinajstić information content (AvgIpc) is 1.84. The van der Waals surface area contributed by atoms with Gasteiger partial charge >= 0.3 is 0 Å². The van der Waals surface area contributed by atoms with Gasteiger partial charge in [-0.1, -0.05) is 6.92 Å². The molecule has 0 aliphatic carbocycles. The molecule has 0 amide bonds. The molecule has 9 heavy (non-hydrogen) atoms. The predicted octanol–water partition coefficient (Wildman–Crippen LogP) is 0.409. The first-order chi connectivity index (χ1) is 4.09. The summed E-state index contributed by atoms with van der Waals surface area (Å²) in [5.41, 5.74) is 10.6. The van der Waals surface area contributed by atoms with E-state index in [1.165, 1.54) is 0 Å². The summed E-state index contributed by atoms with van der Waals surface area (Å²) in [4.78, 5) is 0. The summed E-state index contributed by atoms with van der Waals surface area (Å²) in [6, 6.07) is -0.843. The van der Waals surface area contributed by atoms with Crippen LogP contribution in [0.3, 0.4) is 0 Å². The molecule has 0 saturated carbocycles. The van der Waals surface area contributed by atoms with Gasteiger partial charge in [0.2, 0.25) is 0 Å². The number of rotatable bonds is 3. The van der Waals surface area contributed by atoms with E-state index < -0.39 is 18.3 Å². The van der Waals surface area contributed by atoms with Crippen LogP contribution in [-0.2, 0) is 0 Å². The summed E-state index contributed by atoms with van der Waals surface area (Å²) in [5, 5.41) is 0. The maximum atomic E-state index is 12.7. The SMILES string of the molecule is CC[C@@H](N)[C@@H](F)[C@@H](C)N. The Hall–Kier alpha value is -0.150. The fraction of sp³-hybridized carbons (Fsp3) is 1.00. The third-order valence-corrected chi connectivity index (χ3v) is 1.38. The molecule has 0 fully saturated rings. The van der Waals surface area contributed by atoms with Gasteiger partial charge in [-0.3, -0.25) is 0 Å². The Balaban J connectivity index is 3.58. The van der Waals surface area contributed by atoms with Crippen LogP contribution in [0.1, 0.15) is 20.3 Å². The van der Waals surface area contributed by atoms with Crippen molar-refractivity contribution in [3.05, 3.63) is 0 Å². The van der Waals surface area contributed by atoms with Gasteiger partial charge in [0.15, 0.2) is 0 Å². The molecule has 0 heterocycles. The second-order valence-electron chi connectivity index (χ2n) is 2.38. The van der Waals surface area contributed by atoms with Crippen LogP contribution in [0.15, 0.2) is 0 Å². The van der Waals surface area contributed by atoms with E-state index in [0.29, 0.717) is 6.42 Å². The molecular formula is C6H15FN2. The van der Waals surface area contributed by atoms with E-state index in [9.17, 15) is 4.39 Å². The Labute approximate surface area is 55.4 Å². The van der Waals surface area contributed by atoms with E-state index in [-0.39, 0.29) is 0 Å². The first-order valence-electron chi connectivity index (χ1n) is 3.24. The minimum absolute atomic E-state index is 0.398. The summed E-state index contributed by atoms with van der Waals surface area (Å²) >= 11 is 0. The molecule has 0 aromatic rings. The van der Waals surface area contributed by atoms with E-state index in [1.807, 2.05) is 6.92 Å². The number of halogens is 1. The highest BCUT2D eigenvalue weighted by Crippen LogP contribution is 2.03. The van der Waals surface area contributed by atoms with Gasteiger partial charge in [0.05, 0.1) is 0 Å². The molecule has 0 bridgehead atoms. The van der Waals surface area contributed by atoms with Gasteiger partial charge in [-0.05, 0) is 13.3 Å². The molecule has 4 N–H and O–H groups in total. The van der Waals surface area contributed by atoms with Gasteiger partial charge in [-0.15, -0.1) is 0 Å². The first-order valence-corrected chi connectivity index (χ1v) is 3.24. The molecule has 0 unspecified atom stereocenters. The third-order valence-electron chi connectivity index (χ3n) is 1.38. The highest BCUT2D eigenvalue weighted by molar-refractivity contribution is 4.77. The normalized spacial score (nSPS) is 21.0. The zero-order valence-electron chi connectivity index (χ0n) is 5.97. The number of alkyl halides is 1. The molecule has 0 saturated heterocycles. The van der Waals surface area contributed by atoms with E-state index in [2.05, 4.69) is 0 Å².